The van der Waals surface area contributed by atoms with Crippen molar-refractivity contribution in [3.05, 3.63) is 44.9 Å². The summed E-state index contributed by atoms with van der Waals surface area (Å²) < 4.78 is 2.62. The second-order valence-corrected chi connectivity index (χ2v) is 4.36. The summed E-state index contributed by atoms with van der Waals surface area (Å²) >= 11 is 8.14. The number of hydrogen-bond acceptors (Lipinski definition) is 2. The number of aldehydes is 1. The molecule has 0 aliphatic rings. The van der Waals surface area contributed by atoms with Crippen LogP contribution in [0.25, 0.3) is 5.82 Å². The molecule has 0 N–H and O–H groups in total. The van der Waals surface area contributed by atoms with Crippen LogP contribution in [0.3, 0.4) is 0 Å². The SMILES string of the molecule is O=Cc1ccc(I)n1-c1ncccc1Cl. The summed E-state index contributed by atoms with van der Waals surface area (Å²) in [4.78, 5) is 15.0. The molecule has 0 aliphatic carbocycles. The van der Waals surface area contributed by atoms with Crippen molar-refractivity contribution >= 4 is 40.5 Å². The molecule has 0 atom stereocenters. The second-order valence-electron chi connectivity index (χ2n) is 2.84. The van der Waals surface area contributed by atoms with Crippen molar-refractivity contribution in [3.8, 4) is 5.82 Å². The third-order valence-corrected chi connectivity index (χ3v) is 3.07. The van der Waals surface area contributed by atoms with Crippen LogP contribution in [0.2, 0.25) is 5.02 Å². The van der Waals surface area contributed by atoms with E-state index in [9.17, 15) is 4.79 Å². The van der Waals surface area contributed by atoms with Crippen molar-refractivity contribution in [2.24, 2.45) is 0 Å². The standard InChI is InChI=1S/C10H6ClIN2O/c11-8-2-1-5-13-10(8)14-7(6-15)3-4-9(14)12/h1-6H. The highest BCUT2D eigenvalue weighted by molar-refractivity contribution is 14.1. The van der Waals surface area contributed by atoms with Gasteiger partial charge in [0, 0.05) is 6.20 Å². The van der Waals surface area contributed by atoms with Gasteiger partial charge in [-0.25, -0.2) is 4.98 Å². The minimum absolute atomic E-state index is 0.523. The lowest BCUT2D eigenvalue weighted by Crippen LogP contribution is -2.03. The maximum Gasteiger partial charge on any atom is 0.166 e. The van der Waals surface area contributed by atoms with Gasteiger partial charge < -0.3 is 0 Å². The molecule has 2 aromatic heterocycles. The Morgan fingerprint density at radius 2 is 2.20 bits per heavy atom. The van der Waals surface area contributed by atoms with Gasteiger partial charge in [-0.1, -0.05) is 11.6 Å². The summed E-state index contributed by atoms with van der Waals surface area (Å²) in [5, 5.41) is 0.523. The summed E-state index contributed by atoms with van der Waals surface area (Å²) in [6, 6.07) is 7.08. The molecule has 2 rings (SSSR count). The van der Waals surface area contributed by atoms with E-state index in [4.69, 9.17) is 11.6 Å². The molecule has 76 valence electrons. The average Bonchev–Trinajstić information content (AvgIpc) is 2.60. The highest BCUT2D eigenvalue weighted by Gasteiger charge is 2.11. The molecule has 0 bridgehead atoms. The number of carbonyl (C=O) groups excluding carboxylic acids is 1. The number of halogens is 2. The van der Waals surface area contributed by atoms with Crippen LogP contribution in [0.1, 0.15) is 10.5 Å². The Morgan fingerprint density at radius 3 is 2.87 bits per heavy atom. The zero-order valence-corrected chi connectivity index (χ0v) is 10.4. The van der Waals surface area contributed by atoms with Crippen LogP contribution in [-0.2, 0) is 0 Å². The van der Waals surface area contributed by atoms with Gasteiger partial charge >= 0.3 is 0 Å². The Hall–Kier alpha value is -0.880. The van der Waals surface area contributed by atoms with Gasteiger partial charge in [0.15, 0.2) is 12.1 Å². The fraction of sp³-hybridized carbons (Fsp3) is 0. The highest BCUT2D eigenvalue weighted by Crippen LogP contribution is 2.22. The molecule has 0 unspecified atom stereocenters. The fourth-order valence-electron chi connectivity index (χ4n) is 1.28. The largest absolute Gasteiger partial charge is 0.296 e. The van der Waals surface area contributed by atoms with Crippen molar-refractivity contribution in [2.45, 2.75) is 0 Å². The predicted molar refractivity (Wildman–Crippen MR) is 66.7 cm³/mol. The zero-order chi connectivity index (χ0) is 10.8. The van der Waals surface area contributed by atoms with Gasteiger partial charge in [0.05, 0.1) is 14.4 Å². The van der Waals surface area contributed by atoms with E-state index in [1.165, 1.54) is 0 Å². The molecule has 0 aromatic carbocycles. The van der Waals surface area contributed by atoms with E-state index in [0.29, 0.717) is 16.5 Å². The summed E-state index contributed by atoms with van der Waals surface area (Å²) in [6.45, 7) is 0. The van der Waals surface area contributed by atoms with Gasteiger partial charge in [-0.05, 0) is 46.9 Å². The van der Waals surface area contributed by atoms with Crippen molar-refractivity contribution in [1.29, 1.82) is 0 Å². The van der Waals surface area contributed by atoms with Crippen molar-refractivity contribution in [2.75, 3.05) is 0 Å². The van der Waals surface area contributed by atoms with Gasteiger partial charge in [-0.15, -0.1) is 0 Å². The topological polar surface area (TPSA) is 34.9 Å². The number of aromatic nitrogens is 2. The van der Waals surface area contributed by atoms with Crippen LogP contribution in [0, 0.1) is 3.70 Å². The van der Waals surface area contributed by atoms with Crippen molar-refractivity contribution in [1.82, 2.24) is 9.55 Å². The van der Waals surface area contributed by atoms with E-state index in [1.807, 2.05) is 6.07 Å². The van der Waals surface area contributed by atoms with Gasteiger partial charge in [-0.3, -0.25) is 9.36 Å². The number of rotatable bonds is 2. The third kappa shape index (κ3) is 1.91. The molecule has 0 amide bonds. The second kappa shape index (κ2) is 4.32. The number of nitrogens with zero attached hydrogens (tertiary/aromatic N) is 2. The Kier molecular flexibility index (Phi) is 3.06. The maximum absolute atomic E-state index is 10.8. The normalized spacial score (nSPS) is 10.3. The van der Waals surface area contributed by atoms with Crippen LogP contribution in [-0.4, -0.2) is 15.8 Å². The van der Waals surface area contributed by atoms with E-state index in [-0.39, 0.29) is 0 Å². The fourth-order valence-corrected chi connectivity index (χ4v) is 2.18. The molecule has 2 heterocycles. The summed E-state index contributed by atoms with van der Waals surface area (Å²) in [7, 11) is 0. The first-order chi connectivity index (χ1) is 7.24. The van der Waals surface area contributed by atoms with E-state index < -0.39 is 0 Å². The van der Waals surface area contributed by atoms with Gasteiger partial charge in [-0.2, -0.15) is 0 Å². The first-order valence-corrected chi connectivity index (χ1v) is 5.63. The Morgan fingerprint density at radius 1 is 1.40 bits per heavy atom. The first-order valence-electron chi connectivity index (χ1n) is 4.17. The molecule has 15 heavy (non-hydrogen) atoms. The predicted octanol–water partition coefficient (Wildman–Crippen LogP) is 2.94. The molecule has 0 saturated carbocycles. The molecule has 0 aliphatic heterocycles. The van der Waals surface area contributed by atoms with Crippen molar-refractivity contribution in [3.63, 3.8) is 0 Å². The smallest absolute Gasteiger partial charge is 0.166 e. The van der Waals surface area contributed by atoms with E-state index in [2.05, 4.69) is 27.6 Å². The van der Waals surface area contributed by atoms with E-state index >= 15 is 0 Å². The molecule has 0 radical (unpaired) electrons. The monoisotopic (exact) mass is 332 g/mol. The van der Waals surface area contributed by atoms with Crippen LogP contribution in [0.5, 0.6) is 0 Å². The van der Waals surface area contributed by atoms with Crippen LogP contribution >= 0.6 is 34.2 Å². The Balaban J connectivity index is 2.68. The number of hydrogen-bond donors (Lipinski definition) is 0. The van der Waals surface area contributed by atoms with E-state index in [1.54, 1.807) is 29.0 Å². The lowest BCUT2D eigenvalue weighted by atomic mass is 10.4. The summed E-state index contributed by atoms with van der Waals surface area (Å²) in [5.41, 5.74) is 0.542. The molecule has 5 heteroatoms. The lowest BCUT2D eigenvalue weighted by molar-refractivity contribution is 0.111. The molecular formula is C10H6ClIN2O. The minimum Gasteiger partial charge on any atom is -0.296 e. The third-order valence-electron chi connectivity index (χ3n) is 1.94. The van der Waals surface area contributed by atoms with Gasteiger partial charge in [0.2, 0.25) is 0 Å². The van der Waals surface area contributed by atoms with Crippen LogP contribution < -0.4 is 0 Å². The van der Waals surface area contributed by atoms with Crippen molar-refractivity contribution < 1.29 is 4.79 Å². The molecular weight excluding hydrogens is 326 g/mol. The number of pyridine rings is 1. The van der Waals surface area contributed by atoms with E-state index in [0.717, 1.165) is 9.99 Å². The lowest BCUT2D eigenvalue weighted by Gasteiger charge is -2.07. The highest BCUT2D eigenvalue weighted by atomic mass is 127. The Bertz CT molecular complexity index is 510. The molecule has 0 spiro atoms. The van der Waals surface area contributed by atoms with Gasteiger partial charge in [0.1, 0.15) is 0 Å². The minimum atomic E-state index is 0.523. The zero-order valence-electron chi connectivity index (χ0n) is 7.52. The molecule has 3 nitrogen and oxygen atoms in total. The average molecular weight is 333 g/mol. The maximum atomic E-state index is 10.8. The Labute approximate surface area is 105 Å². The van der Waals surface area contributed by atoms with Crippen LogP contribution in [0.4, 0.5) is 0 Å². The van der Waals surface area contributed by atoms with Gasteiger partial charge in [0.25, 0.3) is 0 Å². The first kappa shape index (κ1) is 10.6. The van der Waals surface area contributed by atoms with Crippen LogP contribution in [0.15, 0.2) is 30.5 Å². The molecule has 0 fully saturated rings. The summed E-state index contributed by atoms with van der Waals surface area (Å²) in [6.07, 6.45) is 2.43. The quantitative estimate of drug-likeness (QED) is 0.626. The number of carbonyl (C=O) groups is 1. The molecule has 2 aromatic rings. The molecule has 0 saturated heterocycles. The summed E-state index contributed by atoms with van der Waals surface area (Å²) in [5.74, 6) is 0.579.